The number of hydrogen-bond acceptors (Lipinski definition) is 13. The van der Waals surface area contributed by atoms with Crippen LogP contribution in [0.5, 0.6) is 11.5 Å². The summed E-state index contributed by atoms with van der Waals surface area (Å²) in [6.45, 7) is 15.0. The average molecular weight is 1170 g/mol. The molecule has 72 heavy (non-hydrogen) atoms. The Hall–Kier alpha value is -4.27. The van der Waals surface area contributed by atoms with E-state index < -0.39 is 66.2 Å². The van der Waals surface area contributed by atoms with Crippen LogP contribution in [-0.2, 0) is 47.8 Å². The van der Waals surface area contributed by atoms with Crippen LogP contribution in [0.25, 0.3) is 0 Å². The van der Waals surface area contributed by atoms with Gasteiger partial charge in [0, 0.05) is 19.6 Å². The molecule has 6 rings (SSSR count). The van der Waals surface area contributed by atoms with Crippen LogP contribution in [0, 0.1) is 6.92 Å². The van der Waals surface area contributed by atoms with Gasteiger partial charge in [0.2, 0.25) is 5.69 Å². The van der Waals surface area contributed by atoms with Crippen LogP contribution in [0.15, 0.2) is 60.7 Å². The zero-order valence-electron chi connectivity index (χ0n) is 44.0. The van der Waals surface area contributed by atoms with Crippen molar-refractivity contribution in [2.75, 3.05) is 66.7 Å². The first kappa shape index (κ1) is 63.8. The van der Waals surface area contributed by atoms with Crippen molar-refractivity contribution in [3.05, 3.63) is 88.3 Å². The van der Waals surface area contributed by atoms with Gasteiger partial charge in [-0.15, -0.1) is 0 Å². The minimum absolute atomic E-state index is 0. The minimum atomic E-state index is -4.60. The molecule has 2 aromatic heterocycles. The third-order valence-electron chi connectivity index (χ3n) is 10.3. The number of carbonyl (C=O) groups is 4. The zero-order chi connectivity index (χ0) is 53.3. The van der Waals surface area contributed by atoms with Crippen LogP contribution < -0.4 is 88.0 Å². The standard InChI is InChI=1S/C23H32N4O5.C12H10ClF3N2O.C12H21NO4.CH3F.Cs.FH/c1-16-19(30-5)20(27(24-16)14-17-10-8-7-9-11-17)25-12-13-26(18(15-25)21(28)31-6)22(29)32-23(2,3)4;1-19-9-10(12(14,15)16)17-18(11(9)13)7-8-5-3-2-4-6-8;1-12(2,3)17-11(15)13-8-6-5-7-9(13)10(14)16-4;1-2;;/h7-11,18H,12-15H2,1-6H3;2-6H,7H2,1H3;9H,5-8H2,1-4H3;1H3;;1H/q;;;;+1;/p-1/t18-;;9-;;;/m0.0.../s1/i;;;1D;;. The number of alkyl halides is 4. The maximum atomic E-state index is 12.8. The van der Waals surface area contributed by atoms with E-state index in [4.69, 9.17) is 36.7 Å². The Bertz CT molecular complexity index is 2340. The number of likely N-dealkylation sites (tertiary alicyclic amines) is 1. The summed E-state index contributed by atoms with van der Waals surface area (Å²) in [4.78, 5) is 53.8. The molecule has 4 aromatic rings. The van der Waals surface area contributed by atoms with Crippen molar-refractivity contribution in [1.82, 2.24) is 29.4 Å². The largest absolute Gasteiger partial charge is 1.00 e. The van der Waals surface area contributed by atoms with Crippen LogP contribution >= 0.6 is 11.6 Å². The van der Waals surface area contributed by atoms with Crippen molar-refractivity contribution >= 4 is 41.5 Å². The summed E-state index contributed by atoms with van der Waals surface area (Å²) < 4.78 is 87.6. The number of piperidine rings is 1. The molecule has 2 aliphatic rings. The van der Waals surface area contributed by atoms with Crippen molar-refractivity contribution < 1.29 is 140 Å². The molecule has 0 radical (unpaired) electrons. The van der Waals surface area contributed by atoms with Crippen LogP contribution in [0.1, 0.15) is 84.7 Å². The SMILES string of the molecule is COC(=O)[C@@H]1CCCCN1C(=O)OC(C)(C)C.COC(=O)[C@@H]1CN(c2c(OC)c(C)nn2Cc2ccccc2)CCN1C(=O)OC(C)(C)C.COc1c(C(F)(F)F)nn(Cc2ccccc2)c1Cl.[2H]CF.[Cs+].[F-]. The number of ether oxygens (including phenoxy) is 6. The maximum Gasteiger partial charge on any atom is 1.00 e. The number of aromatic nitrogens is 4. The molecule has 0 saturated carbocycles. The maximum absolute atomic E-state index is 12.8. The Morgan fingerprint density at radius 2 is 1.17 bits per heavy atom. The summed E-state index contributed by atoms with van der Waals surface area (Å²) in [6, 6.07) is 17.6. The molecular weight excluding hydrogens is 1100 g/mol. The van der Waals surface area contributed by atoms with E-state index in [9.17, 15) is 36.7 Å². The molecular formula is C48H66ClCsF5N7O10. The summed E-state index contributed by atoms with van der Waals surface area (Å²) in [7, 11) is 4.39. The Balaban J connectivity index is 0.000000559. The number of nitrogens with zero attached hydrogens (tertiary/aromatic N) is 7. The van der Waals surface area contributed by atoms with E-state index in [1.165, 1.54) is 24.0 Å². The van der Waals surface area contributed by atoms with Gasteiger partial charge in [-0.25, -0.2) is 28.5 Å². The number of benzene rings is 2. The van der Waals surface area contributed by atoms with Crippen LogP contribution in [-0.4, -0.2) is 139 Å². The van der Waals surface area contributed by atoms with E-state index in [2.05, 4.69) is 14.9 Å². The molecule has 24 heteroatoms. The molecule has 4 heterocycles. The van der Waals surface area contributed by atoms with Crippen LogP contribution in [0.2, 0.25) is 5.15 Å². The summed E-state index contributed by atoms with van der Waals surface area (Å²) in [5, 5.41) is 7.99. The third-order valence-corrected chi connectivity index (χ3v) is 10.7. The third kappa shape index (κ3) is 19.2. The number of rotatable bonds is 9. The van der Waals surface area contributed by atoms with Crippen molar-refractivity contribution in [2.24, 2.45) is 0 Å². The van der Waals surface area contributed by atoms with Gasteiger partial charge in [0.15, 0.2) is 28.5 Å². The summed E-state index contributed by atoms with van der Waals surface area (Å²) >= 11 is 5.86. The Kier molecular flexibility index (Phi) is 26.8. The quantitative estimate of drug-likeness (QED) is 0.137. The van der Waals surface area contributed by atoms with E-state index in [1.54, 1.807) is 52.1 Å². The Labute approximate surface area is 483 Å². The van der Waals surface area contributed by atoms with E-state index >= 15 is 0 Å². The molecule has 2 aromatic carbocycles. The number of methoxy groups -OCH3 is 4. The number of aryl methyl sites for hydroxylation is 1. The predicted octanol–water partition coefficient (Wildman–Crippen LogP) is 3.00. The first-order chi connectivity index (χ1) is 33.3. The van der Waals surface area contributed by atoms with Crippen molar-refractivity contribution in [3.63, 3.8) is 0 Å². The van der Waals surface area contributed by atoms with Gasteiger partial charge in [0.25, 0.3) is 0 Å². The van der Waals surface area contributed by atoms with Gasteiger partial charge in [0.05, 0.1) is 56.6 Å². The predicted molar refractivity (Wildman–Crippen MR) is 254 cm³/mol. The second-order valence-corrected chi connectivity index (χ2v) is 18.1. The van der Waals surface area contributed by atoms with Crippen LogP contribution in [0.4, 0.5) is 33.0 Å². The van der Waals surface area contributed by atoms with Crippen LogP contribution in [0.3, 0.4) is 0 Å². The number of esters is 2. The normalized spacial score (nSPS) is 15.7. The van der Waals surface area contributed by atoms with E-state index in [1.807, 2.05) is 73.7 Å². The molecule has 17 nitrogen and oxygen atoms in total. The fourth-order valence-electron chi connectivity index (χ4n) is 7.32. The molecule has 0 aliphatic carbocycles. The number of anilines is 1. The molecule has 2 amide bonds. The van der Waals surface area contributed by atoms with Gasteiger partial charge in [-0.2, -0.15) is 23.4 Å². The molecule has 0 bridgehead atoms. The topological polar surface area (TPSA) is 169 Å². The van der Waals surface area contributed by atoms with E-state index in [-0.39, 0.29) is 97.8 Å². The fourth-order valence-corrected chi connectivity index (χ4v) is 7.59. The smallest absolute Gasteiger partial charge is 1.00 e. The number of amides is 2. The zero-order valence-corrected chi connectivity index (χ0v) is 50.0. The molecule has 0 N–H and O–H groups in total. The van der Waals surface area contributed by atoms with Crippen molar-refractivity contribution in [2.45, 2.75) is 110 Å². The first-order valence-electron chi connectivity index (χ1n) is 22.9. The van der Waals surface area contributed by atoms with Gasteiger partial charge in [-0.1, -0.05) is 72.3 Å². The number of carbonyl (C=O) groups excluding carboxylic acids is 4. The van der Waals surface area contributed by atoms with Crippen molar-refractivity contribution in [3.8, 4) is 11.5 Å². The molecule has 2 fully saturated rings. The number of halogens is 6. The molecule has 0 spiro atoms. The fraction of sp³-hybridized carbons (Fsp3) is 0.542. The molecule has 2 atom stereocenters. The minimum Gasteiger partial charge on any atom is -1.00 e. The monoisotopic (exact) mass is 1160 g/mol. The number of piperazine rings is 1. The van der Waals surface area contributed by atoms with E-state index in [0.29, 0.717) is 38.3 Å². The summed E-state index contributed by atoms with van der Waals surface area (Å²) in [5.74, 6) is 0.105. The van der Waals surface area contributed by atoms with Gasteiger partial charge >= 0.3 is 99.2 Å². The van der Waals surface area contributed by atoms with Gasteiger partial charge < -0.3 is 38.0 Å². The van der Waals surface area contributed by atoms with Crippen molar-refractivity contribution in [1.29, 1.82) is 0 Å². The summed E-state index contributed by atoms with van der Waals surface area (Å²) in [5.41, 5.74) is 0.316. The molecule has 396 valence electrons. The van der Waals surface area contributed by atoms with Gasteiger partial charge in [-0.05, 0) is 78.9 Å². The Morgan fingerprint density at radius 3 is 1.60 bits per heavy atom. The molecule has 2 aliphatic heterocycles. The van der Waals surface area contributed by atoms with E-state index in [0.717, 1.165) is 47.3 Å². The van der Waals surface area contributed by atoms with Gasteiger partial charge in [-0.3, -0.25) is 14.2 Å². The summed E-state index contributed by atoms with van der Waals surface area (Å²) in [6.07, 6.45) is -3.10. The Morgan fingerprint density at radius 1 is 0.708 bits per heavy atom. The first-order valence-corrected chi connectivity index (χ1v) is 22.5. The van der Waals surface area contributed by atoms with Gasteiger partial charge in [0.1, 0.15) is 22.9 Å². The number of hydrogen-bond donors (Lipinski definition) is 0. The second-order valence-electron chi connectivity index (χ2n) is 17.8. The average Bonchev–Trinajstić information content (AvgIpc) is 3.82. The molecule has 2 saturated heterocycles. The second kappa shape index (κ2) is 30.2. The molecule has 0 unspecified atom stereocenters.